The van der Waals surface area contributed by atoms with Crippen LogP contribution >= 0.6 is 0 Å². The number of ether oxygens (including phenoxy) is 1. The lowest BCUT2D eigenvalue weighted by atomic mass is 10.3. The summed E-state index contributed by atoms with van der Waals surface area (Å²) >= 11 is 0. The maximum Gasteiger partial charge on any atom is 0.176 e. The molecule has 0 bridgehead atoms. The van der Waals surface area contributed by atoms with Crippen LogP contribution in [0.3, 0.4) is 0 Å². The zero-order chi connectivity index (χ0) is 11.0. The zero-order valence-corrected chi connectivity index (χ0v) is 9.27. The maximum atomic E-state index is 5.71. The van der Waals surface area contributed by atoms with E-state index in [-0.39, 0.29) is 0 Å². The van der Waals surface area contributed by atoms with E-state index in [1.54, 1.807) is 0 Å². The van der Waals surface area contributed by atoms with Gasteiger partial charge in [0, 0.05) is 24.7 Å². The molecule has 3 rings (SSSR count). The predicted octanol–water partition coefficient (Wildman–Crippen LogP) is 1.97. The van der Waals surface area contributed by atoms with E-state index in [4.69, 9.17) is 9.15 Å². The number of fused-ring (bicyclic) bond motifs is 1. The molecule has 1 saturated heterocycles. The van der Waals surface area contributed by atoms with Crippen molar-refractivity contribution in [2.45, 2.75) is 6.92 Å². The lowest BCUT2D eigenvalue weighted by Crippen LogP contribution is -2.36. The molecule has 0 spiro atoms. The number of hydrogen-bond acceptors (Lipinski definition) is 4. The van der Waals surface area contributed by atoms with Gasteiger partial charge in [0.25, 0.3) is 0 Å². The van der Waals surface area contributed by atoms with Gasteiger partial charge >= 0.3 is 0 Å². The molecule has 2 aromatic heterocycles. The van der Waals surface area contributed by atoms with Gasteiger partial charge in [-0.1, -0.05) is 0 Å². The Morgan fingerprint density at radius 1 is 1.31 bits per heavy atom. The Morgan fingerprint density at radius 2 is 2.12 bits per heavy atom. The van der Waals surface area contributed by atoms with Crippen LogP contribution in [0.4, 0.5) is 5.82 Å². The first-order chi connectivity index (χ1) is 7.84. The number of hydrogen-bond donors (Lipinski definition) is 0. The van der Waals surface area contributed by atoms with Crippen LogP contribution in [-0.4, -0.2) is 31.3 Å². The van der Waals surface area contributed by atoms with E-state index in [0.29, 0.717) is 0 Å². The molecule has 16 heavy (non-hydrogen) atoms. The van der Waals surface area contributed by atoms with Crippen molar-refractivity contribution >= 4 is 16.8 Å². The van der Waals surface area contributed by atoms with E-state index in [1.165, 1.54) is 0 Å². The topological polar surface area (TPSA) is 38.5 Å². The van der Waals surface area contributed by atoms with Crippen LogP contribution in [0.2, 0.25) is 0 Å². The summed E-state index contributed by atoms with van der Waals surface area (Å²) in [7, 11) is 0. The first-order valence-electron chi connectivity index (χ1n) is 5.52. The Balaban J connectivity index is 2.07. The number of aryl methyl sites for hydroxylation is 1. The lowest BCUT2D eigenvalue weighted by Gasteiger charge is -2.27. The first kappa shape index (κ1) is 9.66. The molecular formula is C12H14N2O2. The summed E-state index contributed by atoms with van der Waals surface area (Å²) < 4.78 is 11.0. The molecule has 1 aliphatic heterocycles. The minimum atomic E-state index is 0.762. The fraction of sp³-hybridized carbons (Fsp3) is 0.417. The minimum Gasteiger partial charge on any atom is -0.457 e. The normalized spacial score (nSPS) is 16.9. The molecule has 1 aliphatic rings. The van der Waals surface area contributed by atoms with Gasteiger partial charge in [-0.05, 0) is 19.1 Å². The SMILES string of the molecule is Cc1cc2ccnc(N3CCOCC3)c2o1. The van der Waals surface area contributed by atoms with Crippen molar-refractivity contribution in [3.63, 3.8) is 0 Å². The van der Waals surface area contributed by atoms with Crippen molar-refractivity contribution in [2.24, 2.45) is 0 Å². The van der Waals surface area contributed by atoms with E-state index in [9.17, 15) is 0 Å². The molecule has 3 heterocycles. The van der Waals surface area contributed by atoms with Gasteiger partial charge < -0.3 is 14.1 Å². The standard InChI is InChI=1S/C12H14N2O2/c1-9-8-10-2-3-13-12(11(10)16-9)14-4-6-15-7-5-14/h2-3,8H,4-7H2,1H3. The van der Waals surface area contributed by atoms with Crippen molar-refractivity contribution in [3.8, 4) is 0 Å². The second-order valence-corrected chi connectivity index (χ2v) is 4.01. The Kier molecular flexibility index (Phi) is 2.29. The molecule has 0 aliphatic carbocycles. The second kappa shape index (κ2) is 3.79. The molecule has 4 nitrogen and oxygen atoms in total. The second-order valence-electron chi connectivity index (χ2n) is 4.01. The van der Waals surface area contributed by atoms with Crippen LogP contribution in [0.5, 0.6) is 0 Å². The van der Waals surface area contributed by atoms with E-state index < -0.39 is 0 Å². The molecule has 84 valence electrons. The highest BCUT2D eigenvalue weighted by Gasteiger charge is 2.17. The summed E-state index contributed by atoms with van der Waals surface area (Å²) in [6.45, 7) is 5.25. The van der Waals surface area contributed by atoms with Crippen molar-refractivity contribution in [2.75, 3.05) is 31.2 Å². The molecular weight excluding hydrogens is 204 g/mol. The van der Waals surface area contributed by atoms with Crippen molar-refractivity contribution in [1.29, 1.82) is 0 Å². The average Bonchev–Trinajstić information content (AvgIpc) is 2.70. The highest BCUT2D eigenvalue weighted by molar-refractivity contribution is 5.87. The van der Waals surface area contributed by atoms with Crippen LogP contribution in [0.1, 0.15) is 5.76 Å². The third kappa shape index (κ3) is 1.55. The third-order valence-corrected chi connectivity index (χ3v) is 2.85. The molecule has 0 unspecified atom stereocenters. The van der Waals surface area contributed by atoms with Crippen LogP contribution in [0.25, 0.3) is 11.0 Å². The van der Waals surface area contributed by atoms with Crippen molar-refractivity contribution < 1.29 is 9.15 Å². The van der Waals surface area contributed by atoms with Crippen molar-refractivity contribution in [3.05, 3.63) is 24.1 Å². The number of aromatic nitrogens is 1. The molecule has 2 aromatic rings. The minimum absolute atomic E-state index is 0.762. The smallest absolute Gasteiger partial charge is 0.176 e. The Bertz CT molecular complexity index is 501. The average molecular weight is 218 g/mol. The number of nitrogens with zero attached hydrogens (tertiary/aromatic N) is 2. The number of furan rings is 1. The van der Waals surface area contributed by atoms with E-state index >= 15 is 0 Å². The molecule has 0 saturated carbocycles. The fourth-order valence-corrected chi connectivity index (χ4v) is 2.08. The number of rotatable bonds is 1. The summed E-state index contributed by atoms with van der Waals surface area (Å²) in [6.07, 6.45) is 1.84. The lowest BCUT2D eigenvalue weighted by molar-refractivity contribution is 0.122. The highest BCUT2D eigenvalue weighted by atomic mass is 16.5. The number of pyridine rings is 1. The van der Waals surface area contributed by atoms with Crippen molar-refractivity contribution in [1.82, 2.24) is 4.98 Å². The third-order valence-electron chi connectivity index (χ3n) is 2.85. The van der Waals surface area contributed by atoms with Crippen LogP contribution < -0.4 is 4.90 Å². The zero-order valence-electron chi connectivity index (χ0n) is 9.27. The maximum absolute atomic E-state index is 5.71. The van der Waals surface area contributed by atoms with Crippen LogP contribution in [0.15, 0.2) is 22.7 Å². The predicted molar refractivity (Wildman–Crippen MR) is 61.8 cm³/mol. The summed E-state index contributed by atoms with van der Waals surface area (Å²) in [6, 6.07) is 4.02. The quantitative estimate of drug-likeness (QED) is 0.733. The molecule has 4 heteroatoms. The number of anilines is 1. The summed E-state index contributed by atoms with van der Waals surface area (Å²) in [5.74, 6) is 1.87. The Hall–Kier alpha value is -1.55. The van der Waals surface area contributed by atoms with Gasteiger partial charge in [0.2, 0.25) is 0 Å². The van der Waals surface area contributed by atoms with Gasteiger partial charge in [-0.15, -0.1) is 0 Å². The van der Waals surface area contributed by atoms with Gasteiger partial charge in [0.1, 0.15) is 5.76 Å². The van der Waals surface area contributed by atoms with Crippen LogP contribution in [-0.2, 0) is 4.74 Å². The molecule has 1 fully saturated rings. The summed E-state index contributed by atoms with van der Waals surface area (Å²) in [4.78, 5) is 6.64. The molecule has 0 amide bonds. The van der Waals surface area contributed by atoms with Gasteiger partial charge in [-0.3, -0.25) is 0 Å². The largest absolute Gasteiger partial charge is 0.457 e. The summed E-state index contributed by atoms with van der Waals surface area (Å²) in [5, 5.41) is 1.12. The molecule has 0 atom stereocenters. The summed E-state index contributed by atoms with van der Waals surface area (Å²) in [5.41, 5.74) is 0.891. The molecule has 0 N–H and O–H groups in total. The first-order valence-corrected chi connectivity index (χ1v) is 5.52. The monoisotopic (exact) mass is 218 g/mol. The van der Waals surface area contributed by atoms with Gasteiger partial charge in [-0.25, -0.2) is 4.98 Å². The number of morpholine rings is 1. The van der Waals surface area contributed by atoms with Gasteiger partial charge in [-0.2, -0.15) is 0 Å². The van der Waals surface area contributed by atoms with E-state index in [1.807, 2.05) is 25.3 Å². The molecule has 0 aromatic carbocycles. The van der Waals surface area contributed by atoms with E-state index in [0.717, 1.165) is 48.9 Å². The Labute approximate surface area is 93.8 Å². The fourth-order valence-electron chi connectivity index (χ4n) is 2.08. The van der Waals surface area contributed by atoms with Crippen LogP contribution in [0, 0.1) is 6.92 Å². The Morgan fingerprint density at radius 3 is 2.94 bits per heavy atom. The highest BCUT2D eigenvalue weighted by Crippen LogP contribution is 2.27. The van der Waals surface area contributed by atoms with Gasteiger partial charge in [0.15, 0.2) is 11.4 Å². The van der Waals surface area contributed by atoms with E-state index in [2.05, 4.69) is 9.88 Å². The molecule has 0 radical (unpaired) electrons. The van der Waals surface area contributed by atoms with Gasteiger partial charge in [0.05, 0.1) is 13.2 Å².